The summed E-state index contributed by atoms with van der Waals surface area (Å²) in [6.45, 7) is 3.20. The first kappa shape index (κ1) is 11.7. The van der Waals surface area contributed by atoms with Crippen LogP contribution in [-0.2, 0) is 0 Å². The van der Waals surface area contributed by atoms with E-state index in [1.807, 2.05) is 0 Å². The van der Waals surface area contributed by atoms with Gasteiger partial charge in [-0.25, -0.2) is 4.39 Å². The zero-order chi connectivity index (χ0) is 13.0. The Morgan fingerprint density at radius 1 is 1.37 bits per heavy atom. The molecule has 0 aromatic heterocycles. The molecule has 2 bridgehead atoms. The van der Waals surface area contributed by atoms with Crippen LogP contribution in [-0.4, -0.2) is 35.2 Å². The summed E-state index contributed by atoms with van der Waals surface area (Å²) >= 11 is 0. The average Bonchev–Trinajstić information content (AvgIpc) is 2.79. The van der Waals surface area contributed by atoms with Gasteiger partial charge in [0.2, 0.25) is 0 Å². The summed E-state index contributed by atoms with van der Waals surface area (Å²) in [4.78, 5) is 2.45. The van der Waals surface area contributed by atoms with Gasteiger partial charge < -0.3 is 14.7 Å². The van der Waals surface area contributed by atoms with Crippen molar-refractivity contribution in [3.63, 3.8) is 0 Å². The number of aliphatic hydroxyl groups is 1. The zero-order valence-corrected chi connectivity index (χ0v) is 10.8. The Morgan fingerprint density at radius 3 is 3.16 bits per heavy atom. The normalized spacial score (nSPS) is 40.0. The molecule has 1 spiro atoms. The predicted molar refractivity (Wildman–Crippen MR) is 68.5 cm³/mol. The molecular weight excluding hydrogens is 245 g/mol. The quantitative estimate of drug-likeness (QED) is 0.778. The van der Waals surface area contributed by atoms with Gasteiger partial charge in [-0.3, -0.25) is 0 Å². The van der Waals surface area contributed by atoms with Gasteiger partial charge in [-0.1, -0.05) is 0 Å². The molecule has 3 nitrogen and oxygen atoms in total. The van der Waals surface area contributed by atoms with Gasteiger partial charge in [0.25, 0.3) is 0 Å². The summed E-state index contributed by atoms with van der Waals surface area (Å²) in [5, 5.41) is 10.4. The number of nitrogens with zero attached hydrogens (tertiary/aromatic N) is 1. The summed E-state index contributed by atoms with van der Waals surface area (Å²) in [5.74, 6) is 0.707. The third-order valence-corrected chi connectivity index (χ3v) is 5.05. The third-order valence-electron chi connectivity index (χ3n) is 5.05. The fraction of sp³-hybridized carbons (Fsp3) is 0.600. The van der Waals surface area contributed by atoms with Gasteiger partial charge in [0.1, 0.15) is 17.2 Å². The van der Waals surface area contributed by atoms with Crippen molar-refractivity contribution < 1.29 is 14.2 Å². The molecule has 2 saturated heterocycles. The molecule has 3 heterocycles. The van der Waals surface area contributed by atoms with Crippen molar-refractivity contribution in [2.75, 3.05) is 19.6 Å². The van der Waals surface area contributed by atoms with Crippen LogP contribution in [0.4, 0.5) is 4.39 Å². The Morgan fingerprint density at radius 2 is 2.26 bits per heavy atom. The molecule has 4 atom stereocenters. The molecule has 0 amide bonds. The monoisotopic (exact) mass is 263 g/mol. The lowest BCUT2D eigenvalue weighted by atomic mass is 9.75. The van der Waals surface area contributed by atoms with Crippen molar-refractivity contribution >= 4 is 0 Å². The molecule has 1 aromatic carbocycles. The van der Waals surface area contributed by atoms with Gasteiger partial charge in [0.15, 0.2) is 0 Å². The standard InChI is InChI=1S/C15H18FNO2/c16-11-1-2-12-13(18)8-15(19-14(12)7-11)4-6-17-5-3-10(15)9-17/h1-2,7,10,13,18H,3-6,8-9H2/t10?,13-,15?/m1/s1. The van der Waals surface area contributed by atoms with Gasteiger partial charge in [-0.2, -0.15) is 0 Å². The van der Waals surface area contributed by atoms with Crippen LogP contribution in [0.2, 0.25) is 0 Å². The van der Waals surface area contributed by atoms with E-state index in [-0.39, 0.29) is 11.4 Å². The number of ether oxygens (including phenoxy) is 1. The number of fused-ring (bicyclic) bond motifs is 4. The molecule has 0 radical (unpaired) electrons. The van der Waals surface area contributed by atoms with Gasteiger partial charge in [-0.05, 0) is 25.1 Å². The van der Waals surface area contributed by atoms with E-state index in [0.29, 0.717) is 18.1 Å². The van der Waals surface area contributed by atoms with E-state index in [9.17, 15) is 9.50 Å². The molecule has 1 N–H and O–H groups in total. The van der Waals surface area contributed by atoms with E-state index in [1.165, 1.54) is 12.1 Å². The van der Waals surface area contributed by atoms with E-state index in [2.05, 4.69) is 4.90 Å². The Hall–Kier alpha value is -1.13. The maximum atomic E-state index is 13.4. The van der Waals surface area contributed by atoms with Crippen LogP contribution in [0.3, 0.4) is 0 Å². The molecule has 102 valence electrons. The van der Waals surface area contributed by atoms with Crippen molar-refractivity contribution in [3.8, 4) is 5.75 Å². The zero-order valence-electron chi connectivity index (χ0n) is 10.8. The molecular formula is C15H18FNO2. The second-order valence-electron chi connectivity index (χ2n) is 6.11. The van der Waals surface area contributed by atoms with E-state index >= 15 is 0 Å². The molecule has 3 unspecified atom stereocenters. The first-order valence-corrected chi connectivity index (χ1v) is 7.05. The Labute approximate surface area is 112 Å². The minimum Gasteiger partial charge on any atom is -0.486 e. The van der Waals surface area contributed by atoms with Crippen molar-refractivity contribution in [1.82, 2.24) is 4.90 Å². The minimum absolute atomic E-state index is 0.285. The van der Waals surface area contributed by atoms with Gasteiger partial charge in [0, 0.05) is 43.5 Å². The molecule has 19 heavy (non-hydrogen) atoms. The highest BCUT2D eigenvalue weighted by molar-refractivity contribution is 5.39. The third kappa shape index (κ3) is 1.70. The number of benzene rings is 1. The maximum absolute atomic E-state index is 13.4. The van der Waals surface area contributed by atoms with Crippen LogP contribution in [0, 0.1) is 11.7 Å². The van der Waals surface area contributed by atoms with E-state index in [1.54, 1.807) is 6.07 Å². The highest BCUT2D eigenvalue weighted by atomic mass is 19.1. The van der Waals surface area contributed by atoms with Crippen LogP contribution < -0.4 is 4.74 Å². The minimum atomic E-state index is -0.531. The molecule has 0 saturated carbocycles. The summed E-state index contributed by atoms with van der Waals surface area (Å²) in [6, 6.07) is 4.45. The summed E-state index contributed by atoms with van der Waals surface area (Å²) in [6.07, 6.45) is 2.17. The lowest BCUT2D eigenvalue weighted by Gasteiger charge is -2.47. The lowest BCUT2D eigenvalue weighted by molar-refractivity contribution is -0.0737. The van der Waals surface area contributed by atoms with E-state index < -0.39 is 6.10 Å². The molecule has 0 aliphatic carbocycles. The SMILES string of the molecule is O[C@@H]1CC2(CCN3CCC2C3)Oc2cc(F)ccc21. The number of hydrogen-bond donors (Lipinski definition) is 1. The van der Waals surface area contributed by atoms with Crippen molar-refractivity contribution in [2.45, 2.75) is 31.0 Å². The Kier molecular flexibility index (Phi) is 2.42. The number of aliphatic hydroxyl groups excluding tert-OH is 1. The van der Waals surface area contributed by atoms with Crippen LogP contribution >= 0.6 is 0 Å². The Balaban J connectivity index is 1.73. The average molecular weight is 263 g/mol. The molecule has 1 aromatic rings. The van der Waals surface area contributed by atoms with E-state index in [4.69, 9.17) is 4.74 Å². The summed E-state index contributed by atoms with van der Waals surface area (Å²) in [7, 11) is 0. The molecule has 3 aliphatic rings. The maximum Gasteiger partial charge on any atom is 0.128 e. The van der Waals surface area contributed by atoms with Crippen LogP contribution in [0.5, 0.6) is 5.75 Å². The molecule has 4 heteroatoms. The molecule has 2 fully saturated rings. The van der Waals surface area contributed by atoms with Gasteiger partial charge >= 0.3 is 0 Å². The van der Waals surface area contributed by atoms with Gasteiger partial charge in [-0.15, -0.1) is 0 Å². The first-order valence-electron chi connectivity index (χ1n) is 7.05. The number of hydrogen-bond acceptors (Lipinski definition) is 3. The van der Waals surface area contributed by atoms with Crippen LogP contribution in [0.1, 0.15) is 30.9 Å². The molecule has 3 aliphatic heterocycles. The predicted octanol–water partition coefficient (Wildman–Crippen LogP) is 2.11. The van der Waals surface area contributed by atoms with Crippen LogP contribution in [0.15, 0.2) is 18.2 Å². The Bertz CT molecular complexity index is 521. The number of piperidine rings is 1. The second kappa shape index (κ2) is 3.93. The second-order valence-corrected chi connectivity index (χ2v) is 6.11. The van der Waals surface area contributed by atoms with Crippen molar-refractivity contribution in [2.24, 2.45) is 5.92 Å². The largest absolute Gasteiger partial charge is 0.486 e. The number of rotatable bonds is 0. The van der Waals surface area contributed by atoms with Crippen molar-refractivity contribution in [3.05, 3.63) is 29.6 Å². The highest BCUT2D eigenvalue weighted by Crippen LogP contribution is 2.49. The summed E-state index contributed by atoms with van der Waals surface area (Å²) < 4.78 is 19.6. The molecule has 4 rings (SSSR count). The smallest absolute Gasteiger partial charge is 0.128 e. The topological polar surface area (TPSA) is 32.7 Å². The first-order chi connectivity index (χ1) is 9.16. The fourth-order valence-corrected chi connectivity index (χ4v) is 3.99. The highest BCUT2D eigenvalue weighted by Gasteiger charge is 2.51. The fourth-order valence-electron chi connectivity index (χ4n) is 3.99. The lowest BCUT2D eigenvalue weighted by Crippen LogP contribution is -2.53. The van der Waals surface area contributed by atoms with Gasteiger partial charge in [0.05, 0.1) is 6.10 Å². The summed E-state index contributed by atoms with van der Waals surface area (Å²) in [5.41, 5.74) is 0.445. The van der Waals surface area contributed by atoms with Crippen molar-refractivity contribution in [1.29, 1.82) is 0 Å². The number of halogens is 1. The van der Waals surface area contributed by atoms with E-state index in [0.717, 1.165) is 38.0 Å². The van der Waals surface area contributed by atoms with Crippen LogP contribution in [0.25, 0.3) is 0 Å².